The van der Waals surface area contributed by atoms with Crippen LogP contribution in [-0.2, 0) is 4.79 Å². The Balaban J connectivity index is 1.94. The van der Waals surface area contributed by atoms with Gasteiger partial charge in [0.2, 0.25) is 5.91 Å². The highest BCUT2D eigenvalue weighted by molar-refractivity contribution is 5.79. The van der Waals surface area contributed by atoms with Crippen LogP contribution in [0.2, 0.25) is 0 Å². The minimum Gasteiger partial charge on any atom is -0.391 e. The van der Waals surface area contributed by atoms with E-state index in [1.807, 2.05) is 37.3 Å². The number of rotatable bonds is 4. The summed E-state index contributed by atoms with van der Waals surface area (Å²) < 4.78 is 0. The molecule has 1 aromatic carbocycles. The molecule has 4 heteroatoms. The normalized spacial score (nSPS) is 25.8. The van der Waals surface area contributed by atoms with E-state index < -0.39 is 6.10 Å². The lowest BCUT2D eigenvalue weighted by Crippen LogP contribution is -2.48. The molecule has 0 heterocycles. The first-order chi connectivity index (χ1) is 9.59. The summed E-state index contributed by atoms with van der Waals surface area (Å²) in [4.78, 5) is 12.3. The number of benzene rings is 1. The van der Waals surface area contributed by atoms with Crippen molar-refractivity contribution in [2.45, 2.75) is 50.8 Å². The average Bonchev–Trinajstić information content (AvgIpc) is 2.49. The van der Waals surface area contributed by atoms with E-state index in [2.05, 4.69) is 5.32 Å². The minimum atomic E-state index is -0.423. The minimum absolute atomic E-state index is 0.0766. The number of aliphatic hydroxyl groups excluding tert-OH is 1. The zero-order valence-corrected chi connectivity index (χ0v) is 12.0. The highest BCUT2D eigenvalue weighted by Crippen LogP contribution is 2.22. The number of nitrogens with two attached hydrogens (primary N) is 1. The molecule has 1 amide bonds. The molecule has 0 aromatic heterocycles. The predicted octanol–water partition coefficient (Wildman–Crippen LogP) is 1.74. The molecule has 0 radical (unpaired) electrons. The summed E-state index contributed by atoms with van der Waals surface area (Å²) in [6.07, 6.45) is 3.28. The van der Waals surface area contributed by atoms with Crippen LogP contribution in [0.1, 0.15) is 44.2 Å². The van der Waals surface area contributed by atoms with Gasteiger partial charge in [0.05, 0.1) is 18.1 Å². The van der Waals surface area contributed by atoms with Gasteiger partial charge in [0.15, 0.2) is 0 Å². The van der Waals surface area contributed by atoms with Gasteiger partial charge in [-0.2, -0.15) is 0 Å². The molecule has 1 aliphatic carbocycles. The largest absolute Gasteiger partial charge is 0.391 e. The van der Waals surface area contributed by atoms with E-state index in [1.54, 1.807) is 0 Å². The van der Waals surface area contributed by atoms with E-state index in [1.165, 1.54) is 0 Å². The lowest BCUT2D eigenvalue weighted by molar-refractivity contribution is -0.127. The fourth-order valence-electron chi connectivity index (χ4n) is 2.72. The van der Waals surface area contributed by atoms with E-state index >= 15 is 0 Å². The topological polar surface area (TPSA) is 75.3 Å². The van der Waals surface area contributed by atoms with Crippen molar-refractivity contribution in [2.75, 3.05) is 0 Å². The van der Waals surface area contributed by atoms with Gasteiger partial charge < -0.3 is 16.2 Å². The Morgan fingerprint density at radius 2 is 1.95 bits per heavy atom. The molecule has 1 fully saturated rings. The Kier molecular flexibility index (Phi) is 5.15. The van der Waals surface area contributed by atoms with E-state index in [0.29, 0.717) is 0 Å². The van der Waals surface area contributed by atoms with Gasteiger partial charge in [-0.05, 0) is 18.4 Å². The predicted molar refractivity (Wildman–Crippen MR) is 78.9 cm³/mol. The highest BCUT2D eigenvalue weighted by atomic mass is 16.3. The van der Waals surface area contributed by atoms with Crippen LogP contribution in [-0.4, -0.2) is 23.2 Å². The molecule has 4 atom stereocenters. The van der Waals surface area contributed by atoms with Gasteiger partial charge in [0.25, 0.3) is 0 Å². The molecular formula is C16H24N2O2. The summed E-state index contributed by atoms with van der Waals surface area (Å²) >= 11 is 0. The maximum Gasteiger partial charge on any atom is 0.225 e. The lowest BCUT2D eigenvalue weighted by atomic mass is 9.90. The van der Waals surface area contributed by atoms with Crippen LogP contribution in [0.25, 0.3) is 0 Å². The second-order valence-electron chi connectivity index (χ2n) is 5.69. The Bertz CT molecular complexity index is 435. The molecule has 110 valence electrons. The SMILES string of the molecule is CC(C(=O)N[C@H]1CCCC[C@@H]1O)C(N)c1ccccc1. The van der Waals surface area contributed by atoms with Crippen molar-refractivity contribution in [3.05, 3.63) is 35.9 Å². The molecule has 20 heavy (non-hydrogen) atoms. The second kappa shape index (κ2) is 6.86. The van der Waals surface area contributed by atoms with Gasteiger partial charge in [0.1, 0.15) is 0 Å². The number of aliphatic hydroxyl groups is 1. The number of hydrogen-bond donors (Lipinski definition) is 3. The first-order valence-electron chi connectivity index (χ1n) is 7.38. The summed E-state index contributed by atoms with van der Waals surface area (Å²) in [5.41, 5.74) is 7.11. The molecule has 2 unspecified atom stereocenters. The molecule has 1 saturated carbocycles. The monoisotopic (exact) mass is 276 g/mol. The fourth-order valence-corrected chi connectivity index (χ4v) is 2.72. The van der Waals surface area contributed by atoms with Crippen LogP contribution in [0.15, 0.2) is 30.3 Å². The smallest absolute Gasteiger partial charge is 0.225 e. The van der Waals surface area contributed by atoms with Gasteiger partial charge in [-0.1, -0.05) is 50.1 Å². The van der Waals surface area contributed by atoms with Gasteiger partial charge >= 0.3 is 0 Å². The number of amides is 1. The molecule has 0 spiro atoms. The first kappa shape index (κ1) is 15.0. The van der Waals surface area contributed by atoms with Crippen molar-refractivity contribution in [2.24, 2.45) is 11.7 Å². The van der Waals surface area contributed by atoms with Crippen molar-refractivity contribution in [1.29, 1.82) is 0 Å². The average molecular weight is 276 g/mol. The van der Waals surface area contributed by atoms with Gasteiger partial charge in [-0.15, -0.1) is 0 Å². The van der Waals surface area contributed by atoms with Crippen molar-refractivity contribution in [3.8, 4) is 0 Å². The third kappa shape index (κ3) is 3.58. The van der Waals surface area contributed by atoms with Crippen molar-refractivity contribution in [1.82, 2.24) is 5.32 Å². The third-order valence-electron chi connectivity index (χ3n) is 4.19. The lowest BCUT2D eigenvalue weighted by Gasteiger charge is -2.30. The highest BCUT2D eigenvalue weighted by Gasteiger charge is 2.28. The maximum atomic E-state index is 12.3. The molecule has 4 nitrogen and oxygen atoms in total. The van der Waals surface area contributed by atoms with Crippen LogP contribution in [0.3, 0.4) is 0 Å². The number of hydrogen-bond acceptors (Lipinski definition) is 3. The molecule has 1 aliphatic rings. The number of carbonyl (C=O) groups is 1. The summed E-state index contributed by atoms with van der Waals surface area (Å²) in [7, 11) is 0. The van der Waals surface area contributed by atoms with Crippen LogP contribution in [0, 0.1) is 5.92 Å². The van der Waals surface area contributed by atoms with Crippen LogP contribution < -0.4 is 11.1 Å². The second-order valence-corrected chi connectivity index (χ2v) is 5.69. The van der Waals surface area contributed by atoms with E-state index in [9.17, 15) is 9.90 Å². The first-order valence-corrected chi connectivity index (χ1v) is 7.38. The van der Waals surface area contributed by atoms with Gasteiger partial charge in [-0.25, -0.2) is 0 Å². The molecule has 4 N–H and O–H groups in total. The molecule has 2 rings (SSSR count). The Morgan fingerprint density at radius 1 is 1.30 bits per heavy atom. The van der Waals surface area contributed by atoms with E-state index in [0.717, 1.165) is 31.2 Å². The standard InChI is InChI=1S/C16H24N2O2/c1-11(15(17)12-7-3-2-4-8-12)16(20)18-13-9-5-6-10-14(13)19/h2-4,7-8,11,13-15,19H,5-6,9-10,17H2,1H3,(H,18,20)/t11?,13-,14-,15?/m0/s1. The Morgan fingerprint density at radius 3 is 2.60 bits per heavy atom. The summed E-state index contributed by atoms with van der Waals surface area (Å²) in [6.45, 7) is 1.84. The van der Waals surface area contributed by atoms with Crippen LogP contribution >= 0.6 is 0 Å². The van der Waals surface area contributed by atoms with Crippen molar-refractivity contribution < 1.29 is 9.90 Å². The molecule has 1 aromatic rings. The Labute approximate surface area is 120 Å². The van der Waals surface area contributed by atoms with Crippen LogP contribution in [0.4, 0.5) is 0 Å². The molecule has 0 saturated heterocycles. The number of carbonyl (C=O) groups excluding carboxylic acids is 1. The van der Waals surface area contributed by atoms with Gasteiger partial charge in [-0.3, -0.25) is 4.79 Å². The van der Waals surface area contributed by atoms with Crippen LogP contribution in [0.5, 0.6) is 0 Å². The maximum absolute atomic E-state index is 12.3. The van der Waals surface area contributed by atoms with Crippen molar-refractivity contribution in [3.63, 3.8) is 0 Å². The Hall–Kier alpha value is -1.39. The third-order valence-corrected chi connectivity index (χ3v) is 4.19. The van der Waals surface area contributed by atoms with E-state index in [-0.39, 0.29) is 23.9 Å². The molecule has 0 bridgehead atoms. The summed E-state index contributed by atoms with van der Waals surface area (Å²) in [5.74, 6) is -0.390. The zero-order valence-electron chi connectivity index (χ0n) is 12.0. The van der Waals surface area contributed by atoms with Crippen molar-refractivity contribution >= 4 is 5.91 Å². The fraction of sp³-hybridized carbons (Fsp3) is 0.562. The van der Waals surface area contributed by atoms with E-state index in [4.69, 9.17) is 5.73 Å². The molecule has 0 aliphatic heterocycles. The summed E-state index contributed by atoms with van der Waals surface area (Å²) in [6, 6.07) is 9.20. The number of nitrogens with one attached hydrogen (secondary N) is 1. The summed E-state index contributed by atoms with van der Waals surface area (Å²) in [5, 5.41) is 12.9. The quantitative estimate of drug-likeness (QED) is 0.784. The van der Waals surface area contributed by atoms with Gasteiger partial charge in [0, 0.05) is 6.04 Å². The zero-order chi connectivity index (χ0) is 14.5. The molecular weight excluding hydrogens is 252 g/mol.